The summed E-state index contributed by atoms with van der Waals surface area (Å²) >= 11 is 0. The first kappa shape index (κ1) is 21.3. The quantitative estimate of drug-likeness (QED) is 0.654. The van der Waals surface area contributed by atoms with Gasteiger partial charge in [-0.25, -0.2) is 10.0 Å². The second-order valence-electron chi connectivity index (χ2n) is 8.63. The number of hydrogen-bond donors (Lipinski definition) is 0. The second kappa shape index (κ2) is 7.78. The van der Waals surface area contributed by atoms with Crippen molar-refractivity contribution in [3.8, 4) is 0 Å². The number of allylic oxidation sites excluding steroid dienone is 2. The van der Waals surface area contributed by atoms with Gasteiger partial charge in [-0.3, -0.25) is 24.1 Å². The predicted molar refractivity (Wildman–Crippen MR) is 124 cm³/mol. The number of hydrazine groups is 1. The number of carbonyl (C=O) groups is 4. The molecule has 4 amide bonds. The van der Waals surface area contributed by atoms with E-state index in [1.54, 1.807) is 36.3 Å². The maximum Gasteiger partial charge on any atom is 0.276 e. The minimum Gasteiger partial charge on any atom is -0.271 e. The lowest BCUT2D eigenvalue weighted by atomic mass is 9.85. The van der Waals surface area contributed by atoms with E-state index in [1.165, 1.54) is 4.90 Å². The van der Waals surface area contributed by atoms with Crippen molar-refractivity contribution in [2.45, 2.75) is 45.2 Å². The number of imide groups is 2. The van der Waals surface area contributed by atoms with Gasteiger partial charge < -0.3 is 0 Å². The topological polar surface area (TPSA) is 78.0 Å². The Kier molecular flexibility index (Phi) is 5.01. The standard InChI is InChI=1S/C26H25N3O4/c1-4-15(5-2)28-23(30)17-11-13-19-22-20(14-12-18(21(17)22)24(28)31)26(33)29(25(19)32)27(3)16-9-7-6-8-10-16/h6-9,11-16H,4-5,10H2,1-3H3. The van der Waals surface area contributed by atoms with Crippen LogP contribution in [0.1, 0.15) is 74.5 Å². The number of amides is 4. The highest BCUT2D eigenvalue weighted by atomic mass is 16.2. The third-order valence-corrected chi connectivity index (χ3v) is 6.97. The largest absolute Gasteiger partial charge is 0.276 e. The van der Waals surface area contributed by atoms with Crippen LogP contribution in [0.4, 0.5) is 0 Å². The van der Waals surface area contributed by atoms with Crippen LogP contribution in [0, 0.1) is 0 Å². The third-order valence-electron chi connectivity index (χ3n) is 6.97. The zero-order chi connectivity index (χ0) is 23.4. The van der Waals surface area contributed by atoms with Crippen molar-refractivity contribution >= 4 is 34.4 Å². The van der Waals surface area contributed by atoms with Gasteiger partial charge in [-0.05, 0) is 43.5 Å². The van der Waals surface area contributed by atoms with Crippen molar-refractivity contribution < 1.29 is 19.2 Å². The minimum atomic E-state index is -0.455. The van der Waals surface area contributed by atoms with Crippen LogP contribution >= 0.6 is 0 Å². The van der Waals surface area contributed by atoms with Gasteiger partial charge in [0, 0.05) is 35.0 Å². The molecule has 0 bridgehead atoms. The molecule has 5 rings (SSSR count). The van der Waals surface area contributed by atoms with Crippen molar-refractivity contribution in [1.29, 1.82) is 0 Å². The van der Waals surface area contributed by atoms with E-state index in [2.05, 4.69) is 0 Å². The first-order valence-electron chi connectivity index (χ1n) is 11.3. The molecule has 168 valence electrons. The number of likely N-dealkylation sites (N-methyl/N-ethyl adjacent to an activating group) is 1. The van der Waals surface area contributed by atoms with Crippen molar-refractivity contribution in [2.24, 2.45) is 0 Å². The van der Waals surface area contributed by atoms with Gasteiger partial charge >= 0.3 is 0 Å². The molecule has 2 aromatic carbocycles. The summed E-state index contributed by atoms with van der Waals surface area (Å²) in [5.41, 5.74) is 1.37. The van der Waals surface area contributed by atoms with Gasteiger partial charge in [0.1, 0.15) is 0 Å². The van der Waals surface area contributed by atoms with E-state index in [0.29, 0.717) is 52.3 Å². The summed E-state index contributed by atoms with van der Waals surface area (Å²) in [5.74, 6) is -1.65. The molecule has 1 unspecified atom stereocenters. The van der Waals surface area contributed by atoms with Crippen molar-refractivity contribution in [3.05, 3.63) is 70.8 Å². The fourth-order valence-corrected chi connectivity index (χ4v) is 5.15. The number of benzene rings is 2. The van der Waals surface area contributed by atoms with E-state index in [0.717, 1.165) is 5.01 Å². The fourth-order valence-electron chi connectivity index (χ4n) is 5.15. The van der Waals surface area contributed by atoms with Crippen molar-refractivity contribution in [1.82, 2.24) is 14.9 Å². The van der Waals surface area contributed by atoms with Gasteiger partial charge in [-0.1, -0.05) is 38.2 Å². The van der Waals surface area contributed by atoms with Crippen LogP contribution in [0.25, 0.3) is 10.8 Å². The van der Waals surface area contributed by atoms with Gasteiger partial charge in [0.2, 0.25) is 0 Å². The molecular formula is C26H25N3O4. The number of nitrogens with zero attached hydrogens (tertiary/aromatic N) is 3. The number of hydrogen-bond acceptors (Lipinski definition) is 5. The maximum atomic E-state index is 13.5. The normalized spacial score (nSPS) is 19.6. The average Bonchev–Trinajstić information content (AvgIpc) is 2.84. The predicted octanol–water partition coefficient (Wildman–Crippen LogP) is 3.95. The van der Waals surface area contributed by atoms with E-state index in [9.17, 15) is 19.2 Å². The van der Waals surface area contributed by atoms with Crippen LogP contribution in [-0.4, -0.2) is 57.7 Å². The summed E-state index contributed by atoms with van der Waals surface area (Å²) in [4.78, 5) is 55.0. The molecule has 0 aromatic heterocycles. The van der Waals surface area contributed by atoms with Crippen molar-refractivity contribution in [3.63, 3.8) is 0 Å². The highest BCUT2D eigenvalue weighted by Gasteiger charge is 2.42. The minimum absolute atomic E-state index is 0.130. The van der Waals surface area contributed by atoms with Gasteiger partial charge in [-0.2, -0.15) is 0 Å². The highest BCUT2D eigenvalue weighted by molar-refractivity contribution is 6.33. The molecule has 7 nitrogen and oxygen atoms in total. The van der Waals surface area contributed by atoms with Crippen molar-refractivity contribution in [2.75, 3.05) is 7.05 Å². The van der Waals surface area contributed by atoms with Crippen LogP contribution in [0.15, 0.2) is 48.6 Å². The molecule has 0 N–H and O–H groups in total. The molecular weight excluding hydrogens is 418 g/mol. The Hall–Kier alpha value is -3.58. The van der Waals surface area contributed by atoms with E-state index in [4.69, 9.17) is 0 Å². The van der Waals surface area contributed by atoms with E-state index >= 15 is 0 Å². The van der Waals surface area contributed by atoms with E-state index in [-0.39, 0.29) is 23.9 Å². The Labute approximate surface area is 191 Å². The van der Waals surface area contributed by atoms with Crippen LogP contribution in [0.5, 0.6) is 0 Å². The Morgan fingerprint density at radius 3 is 1.73 bits per heavy atom. The van der Waals surface area contributed by atoms with Crippen LogP contribution in [-0.2, 0) is 0 Å². The van der Waals surface area contributed by atoms with Crippen LogP contribution < -0.4 is 0 Å². The summed E-state index contributed by atoms with van der Waals surface area (Å²) in [6.45, 7) is 3.90. The van der Waals surface area contributed by atoms with E-state index < -0.39 is 11.8 Å². The van der Waals surface area contributed by atoms with E-state index in [1.807, 2.05) is 38.2 Å². The summed E-state index contributed by atoms with van der Waals surface area (Å²) < 4.78 is 0. The average molecular weight is 444 g/mol. The summed E-state index contributed by atoms with van der Waals surface area (Å²) in [6, 6.07) is 6.11. The Morgan fingerprint density at radius 2 is 1.30 bits per heavy atom. The highest BCUT2D eigenvalue weighted by Crippen LogP contribution is 2.39. The molecule has 1 atom stereocenters. The molecule has 0 fully saturated rings. The molecule has 3 aliphatic rings. The Morgan fingerprint density at radius 1 is 0.818 bits per heavy atom. The lowest BCUT2D eigenvalue weighted by Crippen LogP contribution is -2.54. The smallest absolute Gasteiger partial charge is 0.271 e. The van der Waals surface area contributed by atoms with Gasteiger partial charge in [-0.15, -0.1) is 0 Å². The molecule has 2 heterocycles. The summed E-state index contributed by atoms with van der Waals surface area (Å²) in [6.07, 6.45) is 9.75. The fraction of sp³-hybridized carbons (Fsp3) is 0.308. The molecule has 0 saturated heterocycles. The Balaban J connectivity index is 1.66. The molecule has 0 saturated carbocycles. The molecule has 2 aliphatic heterocycles. The lowest BCUT2D eigenvalue weighted by molar-refractivity contribution is -0.00204. The molecule has 33 heavy (non-hydrogen) atoms. The monoisotopic (exact) mass is 443 g/mol. The Bertz CT molecular complexity index is 1220. The first-order valence-corrected chi connectivity index (χ1v) is 11.3. The molecule has 1 aliphatic carbocycles. The zero-order valence-electron chi connectivity index (χ0n) is 18.9. The molecule has 2 aromatic rings. The lowest BCUT2D eigenvalue weighted by Gasteiger charge is -2.39. The van der Waals surface area contributed by atoms with Crippen LogP contribution in [0.2, 0.25) is 0 Å². The summed E-state index contributed by atoms with van der Waals surface area (Å²) in [5, 5.41) is 3.62. The van der Waals surface area contributed by atoms with Gasteiger partial charge in [0.05, 0.1) is 17.2 Å². The first-order chi connectivity index (χ1) is 15.9. The maximum absolute atomic E-state index is 13.5. The molecule has 7 heteroatoms. The van der Waals surface area contributed by atoms with Crippen LogP contribution in [0.3, 0.4) is 0 Å². The molecule has 0 spiro atoms. The zero-order valence-corrected chi connectivity index (χ0v) is 18.9. The summed E-state index contributed by atoms with van der Waals surface area (Å²) in [7, 11) is 1.72. The molecule has 0 radical (unpaired) electrons. The number of rotatable bonds is 5. The third kappa shape index (κ3) is 2.92. The van der Waals surface area contributed by atoms with Gasteiger partial charge in [0.25, 0.3) is 23.6 Å². The van der Waals surface area contributed by atoms with Gasteiger partial charge in [0.15, 0.2) is 0 Å². The number of carbonyl (C=O) groups excluding carboxylic acids is 4. The SMILES string of the molecule is CCC(CC)N1C(=O)c2ccc3c4c(ccc(c24)C1=O)C(=O)N(N(C)C1C=CC=CC1)C3=O. The second-order valence-corrected chi connectivity index (χ2v) is 8.63.